The van der Waals surface area contributed by atoms with Crippen molar-refractivity contribution in [1.82, 2.24) is 4.98 Å². The van der Waals surface area contributed by atoms with Crippen molar-refractivity contribution >= 4 is 33.3 Å². The largest absolute Gasteiger partial charge is 0.416 e. The Morgan fingerprint density at radius 2 is 1.57 bits per heavy atom. The van der Waals surface area contributed by atoms with Gasteiger partial charge in [0, 0.05) is 23.6 Å². The molecule has 1 saturated heterocycles. The second-order valence-electron chi connectivity index (χ2n) is 10.6. The molecule has 2 aromatic carbocycles. The van der Waals surface area contributed by atoms with Crippen molar-refractivity contribution in [3.05, 3.63) is 75.9 Å². The quantitative estimate of drug-likeness (QED) is 0.299. The van der Waals surface area contributed by atoms with Crippen LogP contribution in [0.1, 0.15) is 37.0 Å². The molecule has 0 aliphatic carbocycles. The van der Waals surface area contributed by atoms with Crippen LogP contribution >= 0.6 is 15.9 Å². The predicted molar refractivity (Wildman–Crippen MR) is 149 cm³/mol. The van der Waals surface area contributed by atoms with E-state index in [-0.39, 0.29) is 18.4 Å². The number of alkyl halides is 6. The number of hydrogen-bond acceptors (Lipinski definition) is 5. The minimum absolute atomic E-state index is 0.0242. The van der Waals surface area contributed by atoms with Crippen LogP contribution in [0.5, 0.6) is 0 Å². The maximum Gasteiger partial charge on any atom is 0.416 e. The van der Waals surface area contributed by atoms with Crippen LogP contribution in [0.4, 0.5) is 37.8 Å². The van der Waals surface area contributed by atoms with Gasteiger partial charge in [0.25, 0.3) is 0 Å². The molecule has 6 nitrogen and oxygen atoms in total. The number of aliphatic hydroxyl groups is 2. The van der Waals surface area contributed by atoms with Crippen LogP contribution in [0.3, 0.4) is 0 Å². The molecule has 4 rings (SSSR count). The molecule has 226 valence electrons. The molecule has 1 fully saturated rings. The third kappa shape index (κ3) is 6.13. The van der Waals surface area contributed by atoms with E-state index in [2.05, 4.69) is 20.9 Å². The summed E-state index contributed by atoms with van der Waals surface area (Å²) in [6.07, 6.45) is -9.12. The Hall–Kier alpha value is -3.16. The van der Waals surface area contributed by atoms with E-state index >= 15 is 0 Å². The lowest BCUT2D eigenvalue weighted by atomic mass is 9.81. The van der Waals surface area contributed by atoms with Crippen molar-refractivity contribution in [2.75, 3.05) is 30.0 Å². The third-order valence-electron chi connectivity index (χ3n) is 7.53. The highest BCUT2D eigenvalue weighted by Crippen LogP contribution is 2.42. The van der Waals surface area contributed by atoms with Crippen molar-refractivity contribution in [1.29, 1.82) is 0 Å². The second-order valence-corrected chi connectivity index (χ2v) is 11.5. The van der Waals surface area contributed by atoms with Crippen molar-refractivity contribution < 1.29 is 41.4 Å². The summed E-state index contributed by atoms with van der Waals surface area (Å²) in [7, 11) is 1.37. The molecule has 2 heterocycles. The number of pyridine rings is 1. The normalized spacial score (nSPS) is 18.0. The molecular formula is C29H28BrF6N3O3. The Morgan fingerprint density at radius 1 is 1.00 bits per heavy atom. The third-order valence-corrected chi connectivity index (χ3v) is 8.23. The molecule has 0 bridgehead atoms. The summed E-state index contributed by atoms with van der Waals surface area (Å²) >= 11 is 3.50. The number of carbonyl (C=O) groups is 1. The van der Waals surface area contributed by atoms with E-state index in [0.29, 0.717) is 46.5 Å². The maximum absolute atomic E-state index is 13.9. The molecule has 2 atom stereocenters. The Bertz CT molecular complexity index is 1450. The van der Waals surface area contributed by atoms with Crippen LogP contribution < -0.4 is 9.80 Å². The minimum Gasteiger partial charge on any atom is -0.394 e. The fourth-order valence-corrected chi connectivity index (χ4v) is 5.57. The van der Waals surface area contributed by atoms with E-state index in [0.717, 1.165) is 4.90 Å². The average molecular weight is 660 g/mol. The minimum atomic E-state index is -5.07. The van der Waals surface area contributed by atoms with E-state index in [1.807, 2.05) is 0 Å². The zero-order valence-electron chi connectivity index (χ0n) is 22.8. The van der Waals surface area contributed by atoms with E-state index < -0.39 is 52.5 Å². The predicted octanol–water partition coefficient (Wildman–Crippen LogP) is 6.42. The summed E-state index contributed by atoms with van der Waals surface area (Å²) in [5, 5.41) is 20.1. The highest BCUT2D eigenvalue weighted by molar-refractivity contribution is 9.10. The van der Waals surface area contributed by atoms with Gasteiger partial charge < -0.3 is 20.0 Å². The van der Waals surface area contributed by atoms with Gasteiger partial charge in [0.1, 0.15) is 5.82 Å². The SMILES string of the molecule is CN(C(=O)C(C)(C)c1cc(C(F)(F)F)cc(C(F)(F)F)c1)c1cnc(N2CC[C@H](O)[C@@H]2CO)cc1-c1ccccc1Br. The molecule has 42 heavy (non-hydrogen) atoms. The van der Waals surface area contributed by atoms with Crippen LogP contribution in [-0.2, 0) is 22.6 Å². The zero-order valence-corrected chi connectivity index (χ0v) is 24.3. The lowest BCUT2D eigenvalue weighted by molar-refractivity contribution is -0.143. The van der Waals surface area contributed by atoms with Gasteiger partial charge >= 0.3 is 12.4 Å². The number of aliphatic hydroxyl groups excluding tert-OH is 2. The number of halogens is 7. The number of amides is 1. The Balaban J connectivity index is 1.82. The van der Waals surface area contributed by atoms with Crippen molar-refractivity contribution in [2.24, 2.45) is 0 Å². The summed E-state index contributed by atoms with van der Waals surface area (Å²) < 4.78 is 82.0. The molecule has 2 N–H and O–H groups in total. The molecule has 0 saturated carbocycles. The molecular weight excluding hydrogens is 632 g/mol. The smallest absolute Gasteiger partial charge is 0.394 e. The van der Waals surface area contributed by atoms with E-state index in [4.69, 9.17) is 0 Å². The van der Waals surface area contributed by atoms with Crippen LogP contribution in [0, 0.1) is 0 Å². The topological polar surface area (TPSA) is 76.9 Å². The summed E-state index contributed by atoms with van der Waals surface area (Å²) in [6.45, 7) is 2.61. The van der Waals surface area contributed by atoms with Crippen molar-refractivity contribution in [3.8, 4) is 11.1 Å². The lowest BCUT2D eigenvalue weighted by Crippen LogP contribution is -2.42. The van der Waals surface area contributed by atoms with Gasteiger partial charge in [-0.3, -0.25) is 4.79 Å². The molecule has 0 spiro atoms. The first kappa shape index (κ1) is 31.8. The summed E-state index contributed by atoms with van der Waals surface area (Å²) in [6, 6.07) is 9.27. The fourth-order valence-electron chi connectivity index (χ4n) is 5.07. The highest BCUT2D eigenvalue weighted by atomic mass is 79.9. The molecule has 0 radical (unpaired) electrons. The highest BCUT2D eigenvalue weighted by Gasteiger charge is 2.41. The number of likely N-dealkylation sites (N-methyl/N-ethyl adjacent to an activating group) is 1. The van der Waals surface area contributed by atoms with E-state index in [9.17, 15) is 41.4 Å². The van der Waals surface area contributed by atoms with E-state index in [1.54, 1.807) is 35.2 Å². The summed E-state index contributed by atoms with van der Waals surface area (Å²) in [4.78, 5) is 21.2. The Kier molecular flexibility index (Phi) is 8.69. The molecule has 0 unspecified atom stereocenters. The maximum atomic E-state index is 13.9. The number of hydrogen-bond donors (Lipinski definition) is 2. The van der Waals surface area contributed by atoms with Gasteiger partial charge in [0.2, 0.25) is 5.91 Å². The average Bonchev–Trinajstić information content (AvgIpc) is 3.31. The van der Waals surface area contributed by atoms with Crippen LogP contribution in [0.25, 0.3) is 11.1 Å². The monoisotopic (exact) mass is 659 g/mol. The van der Waals surface area contributed by atoms with Gasteiger partial charge in [-0.25, -0.2) is 4.98 Å². The van der Waals surface area contributed by atoms with Gasteiger partial charge in [-0.15, -0.1) is 0 Å². The zero-order chi connectivity index (χ0) is 31.2. The van der Waals surface area contributed by atoms with Crippen LogP contribution in [0.15, 0.2) is 59.2 Å². The summed E-state index contributed by atoms with van der Waals surface area (Å²) in [5.74, 6) is -0.365. The number of benzene rings is 2. The number of anilines is 2. The first-order valence-electron chi connectivity index (χ1n) is 12.9. The van der Waals surface area contributed by atoms with E-state index in [1.165, 1.54) is 27.1 Å². The molecule has 3 aromatic rings. The molecule has 1 aliphatic heterocycles. The van der Waals surface area contributed by atoms with Gasteiger partial charge in [-0.1, -0.05) is 34.1 Å². The van der Waals surface area contributed by atoms with Crippen molar-refractivity contribution in [2.45, 2.75) is 50.2 Å². The van der Waals surface area contributed by atoms with Crippen molar-refractivity contribution in [3.63, 3.8) is 0 Å². The second kappa shape index (κ2) is 11.5. The molecule has 1 amide bonds. The first-order valence-corrected chi connectivity index (χ1v) is 13.6. The number of nitrogens with zero attached hydrogens (tertiary/aromatic N) is 3. The van der Waals surface area contributed by atoms with Gasteiger partial charge in [-0.05, 0) is 61.7 Å². The number of rotatable bonds is 6. The summed E-state index contributed by atoms with van der Waals surface area (Å²) in [5.41, 5.74) is -3.94. The molecule has 1 aromatic heterocycles. The molecule has 1 aliphatic rings. The van der Waals surface area contributed by atoms with Gasteiger partial charge in [0.15, 0.2) is 0 Å². The lowest BCUT2D eigenvalue weighted by Gasteiger charge is -2.32. The van der Waals surface area contributed by atoms with Gasteiger partial charge in [0.05, 0.1) is 47.2 Å². The standard InChI is InChI=1S/C29H28BrF6N3O3/c1-27(2,16-10-17(28(31,32)33)12-18(11-16)29(34,35)36)26(42)38(3)22-14-37-25(39-9-8-24(41)23(39)15-40)13-20(22)19-6-4-5-7-21(19)30/h4-7,10-14,23-24,40-41H,8-9,15H2,1-3H3/t23-,24-/m0/s1. The Morgan fingerprint density at radius 3 is 2.12 bits per heavy atom. The van der Waals surface area contributed by atoms with Gasteiger partial charge in [-0.2, -0.15) is 26.3 Å². The Labute approximate surface area is 246 Å². The number of aromatic nitrogens is 1. The number of carbonyl (C=O) groups excluding carboxylic acids is 1. The van der Waals surface area contributed by atoms with Crippen LogP contribution in [-0.4, -0.2) is 53.4 Å². The first-order chi connectivity index (χ1) is 19.5. The molecule has 13 heteroatoms. The van der Waals surface area contributed by atoms with Crippen LogP contribution in [0.2, 0.25) is 0 Å². The fraction of sp³-hybridized carbons (Fsp3) is 0.379.